The molecule has 0 aromatic rings. The van der Waals surface area contributed by atoms with Crippen LogP contribution < -0.4 is 5.32 Å². The minimum Gasteiger partial charge on any atom is -0.481 e. The summed E-state index contributed by atoms with van der Waals surface area (Å²) >= 11 is 0. The van der Waals surface area contributed by atoms with Gasteiger partial charge >= 0.3 is 5.97 Å². The van der Waals surface area contributed by atoms with E-state index in [1.807, 2.05) is 24.3 Å². The van der Waals surface area contributed by atoms with E-state index >= 15 is 0 Å². The van der Waals surface area contributed by atoms with Gasteiger partial charge in [-0.25, -0.2) is 0 Å². The quantitative estimate of drug-likeness (QED) is 0.168. The molecule has 0 aromatic heterocycles. The second kappa shape index (κ2) is 20.6. The van der Waals surface area contributed by atoms with Gasteiger partial charge in [-0.05, 0) is 44.9 Å². The highest BCUT2D eigenvalue weighted by molar-refractivity contribution is 5.75. The van der Waals surface area contributed by atoms with E-state index in [1.165, 1.54) is 19.3 Å². The van der Waals surface area contributed by atoms with Crippen LogP contribution in [0.2, 0.25) is 0 Å². The van der Waals surface area contributed by atoms with Crippen molar-refractivity contribution in [3.63, 3.8) is 0 Å². The Kier molecular flexibility index (Phi) is 19.1. The number of amides is 1. The van der Waals surface area contributed by atoms with Crippen LogP contribution in [0.4, 0.5) is 0 Å². The molecule has 1 atom stereocenters. The van der Waals surface area contributed by atoms with E-state index in [4.69, 9.17) is 5.11 Å². The van der Waals surface area contributed by atoms with Gasteiger partial charge in [0.15, 0.2) is 0 Å². The van der Waals surface area contributed by atoms with Crippen molar-refractivity contribution in [1.29, 1.82) is 0 Å². The smallest absolute Gasteiger partial charge is 0.303 e. The Balaban J connectivity index is 3.63. The van der Waals surface area contributed by atoms with E-state index in [9.17, 15) is 14.7 Å². The van der Waals surface area contributed by atoms with Crippen molar-refractivity contribution in [3.05, 3.63) is 48.6 Å². The average molecular weight is 406 g/mol. The molecule has 0 heterocycles. The highest BCUT2D eigenvalue weighted by Gasteiger charge is 2.01. The number of carbonyl (C=O) groups excluding carboxylic acids is 1. The molecule has 0 saturated carbocycles. The lowest BCUT2D eigenvalue weighted by molar-refractivity contribution is -0.137. The molecule has 29 heavy (non-hydrogen) atoms. The third kappa shape index (κ3) is 22.0. The van der Waals surface area contributed by atoms with Crippen molar-refractivity contribution >= 4 is 11.9 Å². The van der Waals surface area contributed by atoms with Crippen LogP contribution in [0.15, 0.2) is 48.6 Å². The first kappa shape index (κ1) is 26.9. The van der Waals surface area contributed by atoms with Crippen LogP contribution in [0.25, 0.3) is 0 Å². The van der Waals surface area contributed by atoms with Gasteiger partial charge in [0, 0.05) is 19.4 Å². The highest BCUT2D eigenvalue weighted by Crippen LogP contribution is 2.02. The van der Waals surface area contributed by atoms with Crippen LogP contribution in [0.1, 0.15) is 77.6 Å². The van der Waals surface area contributed by atoms with Gasteiger partial charge in [0.25, 0.3) is 0 Å². The Morgan fingerprint density at radius 2 is 1.66 bits per heavy atom. The molecule has 0 spiro atoms. The number of aliphatic hydroxyl groups excluding tert-OH is 1. The maximum Gasteiger partial charge on any atom is 0.303 e. The van der Waals surface area contributed by atoms with Gasteiger partial charge in [-0.1, -0.05) is 68.4 Å². The number of carboxylic acid groups (broad SMARTS) is 1. The summed E-state index contributed by atoms with van der Waals surface area (Å²) in [7, 11) is 0. The number of rotatable bonds is 18. The van der Waals surface area contributed by atoms with Crippen molar-refractivity contribution in [1.82, 2.24) is 5.32 Å². The number of hydrogen-bond acceptors (Lipinski definition) is 3. The van der Waals surface area contributed by atoms with Crippen LogP contribution >= 0.6 is 0 Å². The lowest BCUT2D eigenvalue weighted by Gasteiger charge is -2.02. The van der Waals surface area contributed by atoms with Crippen LogP contribution in [-0.2, 0) is 9.59 Å². The van der Waals surface area contributed by atoms with Crippen LogP contribution in [0.3, 0.4) is 0 Å². The van der Waals surface area contributed by atoms with Crippen molar-refractivity contribution in [2.24, 2.45) is 0 Å². The fourth-order valence-corrected chi connectivity index (χ4v) is 2.52. The zero-order chi connectivity index (χ0) is 21.6. The summed E-state index contributed by atoms with van der Waals surface area (Å²) in [6.45, 7) is 2.61. The predicted octanol–water partition coefficient (Wildman–Crippen LogP) is 5.08. The van der Waals surface area contributed by atoms with Gasteiger partial charge in [0.1, 0.15) is 0 Å². The predicted molar refractivity (Wildman–Crippen MR) is 120 cm³/mol. The summed E-state index contributed by atoms with van der Waals surface area (Å²) in [6, 6.07) is 0. The Bertz CT molecular complexity index is 535. The Morgan fingerprint density at radius 3 is 2.41 bits per heavy atom. The van der Waals surface area contributed by atoms with Gasteiger partial charge in [0.05, 0.1) is 6.10 Å². The summed E-state index contributed by atoms with van der Waals surface area (Å²) in [4.78, 5) is 21.9. The molecule has 1 amide bonds. The lowest BCUT2D eigenvalue weighted by atomic mass is 10.1. The minimum absolute atomic E-state index is 0.0248. The van der Waals surface area contributed by atoms with Crippen molar-refractivity contribution in [2.75, 3.05) is 6.54 Å². The average Bonchev–Trinajstić information content (AvgIpc) is 2.69. The SMILES string of the molecule is CCCCC/C=C\C[C@H](O)/C=C/C=C\C/C=C\CCCC(=O)NCCCC(=O)O. The van der Waals surface area contributed by atoms with E-state index in [0.717, 1.165) is 25.7 Å². The summed E-state index contributed by atoms with van der Waals surface area (Å²) < 4.78 is 0. The number of allylic oxidation sites excluding steroid dienone is 6. The number of carbonyl (C=O) groups is 2. The third-order valence-electron chi connectivity index (χ3n) is 4.20. The second-order valence-corrected chi connectivity index (χ2v) is 7.03. The maximum absolute atomic E-state index is 11.5. The van der Waals surface area contributed by atoms with E-state index in [0.29, 0.717) is 25.8 Å². The van der Waals surface area contributed by atoms with Crippen LogP contribution in [-0.4, -0.2) is 34.7 Å². The minimum atomic E-state index is -0.838. The van der Waals surface area contributed by atoms with E-state index < -0.39 is 12.1 Å². The molecule has 0 aliphatic carbocycles. The number of hydrogen-bond donors (Lipinski definition) is 3. The van der Waals surface area contributed by atoms with E-state index in [-0.39, 0.29) is 12.3 Å². The first-order valence-electron chi connectivity index (χ1n) is 10.9. The van der Waals surface area contributed by atoms with E-state index in [1.54, 1.807) is 6.08 Å². The molecule has 0 saturated heterocycles. The molecule has 0 unspecified atom stereocenters. The van der Waals surface area contributed by atoms with E-state index in [2.05, 4.69) is 30.5 Å². The van der Waals surface area contributed by atoms with Gasteiger partial charge in [0.2, 0.25) is 5.91 Å². The van der Waals surface area contributed by atoms with Crippen LogP contribution in [0.5, 0.6) is 0 Å². The normalized spacial score (nSPS) is 13.2. The summed E-state index contributed by atoms with van der Waals surface area (Å²) in [5.41, 5.74) is 0. The molecular weight excluding hydrogens is 366 g/mol. The third-order valence-corrected chi connectivity index (χ3v) is 4.20. The van der Waals surface area contributed by atoms with Gasteiger partial charge in [-0.15, -0.1) is 0 Å². The molecule has 3 N–H and O–H groups in total. The fourth-order valence-electron chi connectivity index (χ4n) is 2.52. The monoisotopic (exact) mass is 405 g/mol. The summed E-state index contributed by atoms with van der Waals surface area (Å²) in [5.74, 6) is -0.862. The molecule has 0 aliphatic heterocycles. The first-order chi connectivity index (χ1) is 14.1. The largest absolute Gasteiger partial charge is 0.481 e. The Labute approximate surface area is 176 Å². The Hall–Kier alpha value is -2.14. The molecule has 0 radical (unpaired) electrons. The zero-order valence-electron chi connectivity index (χ0n) is 17.9. The second-order valence-electron chi connectivity index (χ2n) is 7.03. The number of aliphatic hydroxyl groups is 1. The number of carboxylic acids is 1. The van der Waals surface area contributed by atoms with Crippen molar-refractivity contribution in [2.45, 2.75) is 83.7 Å². The van der Waals surface area contributed by atoms with Crippen molar-refractivity contribution < 1.29 is 19.8 Å². The maximum atomic E-state index is 11.5. The first-order valence-corrected chi connectivity index (χ1v) is 10.9. The highest BCUT2D eigenvalue weighted by atomic mass is 16.4. The number of unbranched alkanes of at least 4 members (excludes halogenated alkanes) is 4. The molecular formula is C24H39NO4. The van der Waals surface area contributed by atoms with Gasteiger partial charge < -0.3 is 15.5 Å². The lowest BCUT2D eigenvalue weighted by Crippen LogP contribution is -2.24. The molecule has 5 heteroatoms. The molecule has 0 aliphatic rings. The summed E-state index contributed by atoms with van der Waals surface area (Å²) in [5, 5.41) is 21.1. The number of nitrogens with one attached hydrogen (secondary N) is 1. The molecule has 0 aromatic carbocycles. The topological polar surface area (TPSA) is 86.6 Å². The zero-order valence-corrected chi connectivity index (χ0v) is 17.9. The standard InChI is InChI=1S/C24H39NO4/c1-2-3-4-5-10-13-17-22(26)18-14-11-8-6-7-9-12-15-19-23(27)25-21-16-20-24(28)29/h7-11,13-14,18,22,26H,2-6,12,15-17,19-21H2,1H3,(H,25,27)(H,28,29)/b9-7-,11-8-,13-10-,18-14+/t22-/m0/s1. The molecule has 5 nitrogen and oxygen atoms in total. The molecule has 0 rings (SSSR count). The summed E-state index contributed by atoms with van der Waals surface area (Å²) in [6.07, 6.45) is 24.4. The van der Waals surface area contributed by atoms with Crippen molar-refractivity contribution in [3.8, 4) is 0 Å². The van der Waals surface area contributed by atoms with Crippen LogP contribution in [0, 0.1) is 0 Å². The van der Waals surface area contributed by atoms with Gasteiger partial charge in [-0.3, -0.25) is 9.59 Å². The fraction of sp³-hybridized carbons (Fsp3) is 0.583. The number of aliphatic carboxylic acids is 1. The molecule has 0 fully saturated rings. The molecule has 164 valence electrons. The molecule has 0 bridgehead atoms. The van der Waals surface area contributed by atoms with Gasteiger partial charge in [-0.2, -0.15) is 0 Å². The Morgan fingerprint density at radius 1 is 0.897 bits per heavy atom.